The zero-order valence-corrected chi connectivity index (χ0v) is 14.1. The highest BCUT2D eigenvalue weighted by Crippen LogP contribution is 2.15. The standard InChI is InChI=1S/C17H19N5OS/c23-21-12-7-5-11-16(21)24-14-8-2-6-13-22-19-17(18-20-22)15-9-3-1-4-10-15/h1,3-5,7,9-12H,2,6,8,13-14H2. The van der Waals surface area contributed by atoms with Crippen LogP contribution in [0.15, 0.2) is 59.8 Å². The first-order valence-corrected chi connectivity index (χ1v) is 8.96. The Morgan fingerprint density at radius 1 is 1.00 bits per heavy atom. The van der Waals surface area contributed by atoms with E-state index < -0.39 is 0 Å². The van der Waals surface area contributed by atoms with Gasteiger partial charge in [-0.15, -0.1) is 10.2 Å². The number of aromatic nitrogens is 5. The Balaban J connectivity index is 1.37. The second kappa shape index (κ2) is 8.44. The fourth-order valence-electron chi connectivity index (χ4n) is 2.27. The summed E-state index contributed by atoms with van der Waals surface area (Å²) in [4.78, 5) is 1.65. The molecule has 0 radical (unpaired) electrons. The predicted molar refractivity (Wildman–Crippen MR) is 93.2 cm³/mol. The number of aryl methyl sites for hydroxylation is 1. The number of rotatable bonds is 8. The molecule has 0 bridgehead atoms. The SMILES string of the molecule is [O-][n+]1ccccc1SCCCCCn1nnc(-c2ccccc2)n1. The Hall–Kier alpha value is -2.41. The summed E-state index contributed by atoms with van der Waals surface area (Å²) in [5.74, 6) is 1.60. The van der Waals surface area contributed by atoms with E-state index in [9.17, 15) is 5.21 Å². The lowest BCUT2D eigenvalue weighted by atomic mass is 10.2. The van der Waals surface area contributed by atoms with Crippen molar-refractivity contribution in [3.05, 3.63) is 59.9 Å². The van der Waals surface area contributed by atoms with Crippen molar-refractivity contribution in [3.8, 4) is 11.4 Å². The lowest BCUT2D eigenvalue weighted by Crippen LogP contribution is -2.27. The van der Waals surface area contributed by atoms with Crippen LogP contribution in [-0.4, -0.2) is 26.0 Å². The number of tetrazole rings is 1. The number of pyridine rings is 1. The second-order valence-corrected chi connectivity index (χ2v) is 6.46. The lowest BCUT2D eigenvalue weighted by Gasteiger charge is -2.03. The molecule has 0 aliphatic carbocycles. The summed E-state index contributed by atoms with van der Waals surface area (Å²) in [7, 11) is 0. The number of thioether (sulfide) groups is 1. The van der Waals surface area contributed by atoms with Gasteiger partial charge < -0.3 is 5.21 Å². The highest BCUT2D eigenvalue weighted by atomic mass is 32.2. The largest absolute Gasteiger partial charge is 0.618 e. The van der Waals surface area contributed by atoms with Crippen LogP contribution in [0.1, 0.15) is 19.3 Å². The van der Waals surface area contributed by atoms with Gasteiger partial charge in [-0.3, -0.25) is 0 Å². The zero-order valence-electron chi connectivity index (χ0n) is 13.3. The molecule has 0 saturated carbocycles. The molecule has 0 fully saturated rings. The molecule has 0 atom stereocenters. The molecule has 2 heterocycles. The third-order valence-electron chi connectivity index (χ3n) is 3.53. The van der Waals surface area contributed by atoms with Crippen molar-refractivity contribution < 1.29 is 4.73 Å². The normalized spacial score (nSPS) is 10.8. The van der Waals surface area contributed by atoms with Crippen molar-refractivity contribution in [2.45, 2.75) is 30.8 Å². The van der Waals surface area contributed by atoms with Gasteiger partial charge in [0.15, 0.2) is 6.20 Å². The summed E-state index contributed by atoms with van der Waals surface area (Å²) in [6.07, 6.45) is 4.65. The third kappa shape index (κ3) is 4.55. The molecule has 0 saturated heterocycles. The number of unbranched alkanes of at least 4 members (excludes halogenated alkanes) is 2. The summed E-state index contributed by atoms with van der Waals surface area (Å²) < 4.78 is 0.912. The van der Waals surface area contributed by atoms with Gasteiger partial charge in [0, 0.05) is 23.4 Å². The number of hydrogen-bond donors (Lipinski definition) is 0. The molecule has 7 heteroatoms. The van der Waals surface area contributed by atoms with Crippen molar-refractivity contribution in [1.82, 2.24) is 20.2 Å². The van der Waals surface area contributed by atoms with E-state index in [0.717, 1.165) is 46.9 Å². The minimum Gasteiger partial charge on any atom is -0.618 e. The molecule has 2 aromatic heterocycles. The van der Waals surface area contributed by atoms with E-state index in [-0.39, 0.29) is 0 Å². The van der Waals surface area contributed by atoms with E-state index in [1.807, 2.05) is 42.5 Å². The van der Waals surface area contributed by atoms with Crippen LogP contribution in [0.3, 0.4) is 0 Å². The van der Waals surface area contributed by atoms with E-state index in [1.54, 1.807) is 22.6 Å². The van der Waals surface area contributed by atoms with Gasteiger partial charge in [0.25, 0.3) is 5.03 Å². The highest BCUT2D eigenvalue weighted by Gasteiger charge is 2.06. The van der Waals surface area contributed by atoms with Crippen LogP contribution in [0.5, 0.6) is 0 Å². The molecule has 0 amide bonds. The van der Waals surface area contributed by atoms with Crippen LogP contribution in [0.4, 0.5) is 0 Å². The van der Waals surface area contributed by atoms with Gasteiger partial charge in [0.2, 0.25) is 5.82 Å². The van der Waals surface area contributed by atoms with Gasteiger partial charge in [0.05, 0.1) is 6.54 Å². The van der Waals surface area contributed by atoms with E-state index in [2.05, 4.69) is 15.4 Å². The summed E-state index contributed by atoms with van der Waals surface area (Å²) in [6, 6.07) is 15.3. The Bertz CT molecular complexity index is 762. The molecule has 0 aliphatic heterocycles. The molecule has 0 N–H and O–H groups in total. The summed E-state index contributed by atoms with van der Waals surface area (Å²) >= 11 is 1.59. The van der Waals surface area contributed by atoms with Gasteiger partial charge in [0.1, 0.15) is 0 Å². The average molecular weight is 341 g/mol. The first-order chi connectivity index (χ1) is 11.8. The van der Waals surface area contributed by atoms with Crippen LogP contribution in [0, 0.1) is 5.21 Å². The zero-order chi connectivity index (χ0) is 16.6. The highest BCUT2D eigenvalue weighted by molar-refractivity contribution is 7.99. The maximum absolute atomic E-state index is 11.5. The lowest BCUT2D eigenvalue weighted by molar-refractivity contribution is -0.645. The minimum absolute atomic E-state index is 0.662. The first-order valence-electron chi connectivity index (χ1n) is 7.97. The van der Waals surface area contributed by atoms with Crippen molar-refractivity contribution >= 4 is 11.8 Å². The quantitative estimate of drug-likeness (QED) is 0.273. The third-order valence-corrected chi connectivity index (χ3v) is 4.63. The van der Waals surface area contributed by atoms with Gasteiger partial charge in [-0.25, -0.2) is 0 Å². The smallest absolute Gasteiger partial charge is 0.251 e. The first kappa shape index (κ1) is 16.4. The maximum atomic E-state index is 11.5. The monoisotopic (exact) mass is 341 g/mol. The predicted octanol–water partition coefficient (Wildman–Crippen LogP) is 2.94. The molecule has 0 unspecified atom stereocenters. The van der Waals surface area contributed by atoms with E-state index in [4.69, 9.17) is 0 Å². The topological polar surface area (TPSA) is 70.5 Å². The molecular formula is C17H19N5OS. The molecule has 0 aliphatic rings. The number of benzene rings is 1. The maximum Gasteiger partial charge on any atom is 0.251 e. The van der Waals surface area contributed by atoms with Crippen molar-refractivity contribution in [3.63, 3.8) is 0 Å². The molecule has 3 aromatic rings. The van der Waals surface area contributed by atoms with Crippen LogP contribution in [0.2, 0.25) is 0 Å². The molecule has 6 nitrogen and oxygen atoms in total. The fourth-order valence-corrected chi connectivity index (χ4v) is 3.19. The molecule has 3 rings (SSSR count). The molecule has 24 heavy (non-hydrogen) atoms. The van der Waals surface area contributed by atoms with E-state index in [0.29, 0.717) is 5.82 Å². The van der Waals surface area contributed by atoms with Crippen LogP contribution in [0.25, 0.3) is 11.4 Å². The molecular weight excluding hydrogens is 322 g/mol. The van der Waals surface area contributed by atoms with Crippen molar-refractivity contribution in [2.75, 3.05) is 5.75 Å². The molecule has 1 aromatic carbocycles. The van der Waals surface area contributed by atoms with Crippen molar-refractivity contribution in [2.24, 2.45) is 0 Å². The Labute approximate surface area is 145 Å². The Morgan fingerprint density at radius 2 is 1.83 bits per heavy atom. The second-order valence-electron chi connectivity index (χ2n) is 5.35. The number of hydrogen-bond acceptors (Lipinski definition) is 5. The average Bonchev–Trinajstić information content (AvgIpc) is 3.09. The van der Waals surface area contributed by atoms with Crippen LogP contribution >= 0.6 is 11.8 Å². The summed E-state index contributed by atoms with van der Waals surface area (Å²) in [6.45, 7) is 0.761. The van der Waals surface area contributed by atoms with Gasteiger partial charge in [-0.05, 0) is 24.1 Å². The van der Waals surface area contributed by atoms with E-state index >= 15 is 0 Å². The van der Waals surface area contributed by atoms with Gasteiger partial charge in [-0.1, -0.05) is 48.5 Å². The summed E-state index contributed by atoms with van der Waals surface area (Å²) in [5.41, 5.74) is 0.980. The van der Waals surface area contributed by atoms with Crippen LogP contribution < -0.4 is 4.73 Å². The van der Waals surface area contributed by atoms with Crippen LogP contribution in [-0.2, 0) is 6.54 Å². The van der Waals surface area contributed by atoms with Gasteiger partial charge >= 0.3 is 0 Å². The fraction of sp³-hybridized carbons (Fsp3) is 0.294. The van der Waals surface area contributed by atoms with Gasteiger partial charge in [-0.2, -0.15) is 9.53 Å². The minimum atomic E-state index is 0.662. The number of nitrogens with zero attached hydrogens (tertiary/aromatic N) is 5. The van der Waals surface area contributed by atoms with Crippen molar-refractivity contribution in [1.29, 1.82) is 0 Å². The molecule has 0 spiro atoms. The Morgan fingerprint density at radius 3 is 2.67 bits per heavy atom. The molecule has 124 valence electrons. The summed E-state index contributed by atoms with van der Waals surface area (Å²) in [5, 5.41) is 24.9. The Kier molecular flexibility index (Phi) is 5.79. The van der Waals surface area contributed by atoms with E-state index in [1.165, 1.54) is 6.20 Å².